The minimum Gasteiger partial charge on any atom is -0.476 e. The van der Waals surface area contributed by atoms with E-state index in [2.05, 4.69) is 26.8 Å². The highest BCUT2D eigenvalue weighted by Gasteiger charge is 2.20. The summed E-state index contributed by atoms with van der Waals surface area (Å²) in [5, 5.41) is 14.9. The molecule has 0 amide bonds. The molecule has 2 heterocycles. The van der Waals surface area contributed by atoms with Gasteiger partial charge >= 0.3 is 0 Å². The highest BCUT2D eigenvalue weighted by Crippen LogP contribution is 2.31. The van der Waals surface area contributed by atoms with Crippen LogP contribution in [-0.4, -0.2) is 31.2 Å². The van der Waals surface area contributed by atoms with E-state index < -0.39 is 0 Å². The molecule has 6 nitrogen and oxygen atoms in total. The molecule has 2 aromatic heterocycles. The minimum atomic E-state index is 0.562. The summed E-state index contributed by atoms with van der Waals surface area (Å²) in [6.45, 7) is 8.19. The number of benzene rings is 1. The molecule has 0 atom stereocenters. The molecular weight excluding hydrogens is 370 g/mol. The van der Waals surface area contributed by atoms with Gasteiger partial charge in [-0.15, -0.1) is 15.3 Å². The second kappa shape index (κ2) is 8.60. The van der Waals surface area contributed by atoms with Crippen LogP contribution in [0.25, 0.3) is 11.4 Å². The van der Waals surface area contributed by atoms with Crippen molar-refractivity contribution >= 4 is 23.4 Å². The van der Waals surface area contributed by atoms with Crippen LogP contribution in [0.3, 0.4) is 0 Å². The number of rotatable bonds is 8. The zero-order chi connectivity index (χ0) is 18.5. The summed E-state index contributed by atoms with van der Waals surface area (Å²) in [7, 11) is 0. The fraction of sp³-hybridized carbons (Fsp3) is 0.389. The lowest BCUT2D eigenvalue weighted by molar-refractivity contribution is 0.322. The van der Waals surface area contributed by atoms with Crippen LogP contribution in [-0.2, 0) is 18.8 Å². The van der Waals surface area contributed by atoms with E-state index >= 15 is 0 Å². The summed E-state index contributed by atoms with van der Waals surface area (Å²) in [5.41, 5.74) is 2.07. The van der Waals surface area contributed by atoms with Crippen molar-refractivity contribution < 1.29 is 4.74 Å². The van der Waals surface area contributed by atoms with Gasteiger partial charge in [0.05, 0.1) is 6.61 Å². The lowest BCUT2D eigenvalue weighted by Gasteiger charge is -2.07. The average Bonchev–Trinajstić information content (AvgIpc) is 3.24. The molecule has 0 aliphatic heterocycles. The van der Waals surface area contributed by atoms with Gasteiger partial charge in [-0.3, -0.25) is 4.68 Å². The molecule has 0 saturated heterocycles. The van der Waals surface area contributed by atoms with Crippen LogP contribution in [0.2, 0.25) is 5.02 Å². The molecule has 0 radical (unpaired) electrons. The zero-order valence-electron chi connectivity index (χ0n) is 15.1. The van der Waals surface area contributed by atoms with Crippen molar-refractivity contribution in [1.29, 1.82) is 0 Å². The first kappa shape index (κ1) is 18.8. The Morgan fingerprint density at radius 3 is 2.50 bits per heavy atom. The predicted octanol–water partition coefficient (Wildman–Crippen LogP) is 4.53. The van der Waals surface area contributed by atoms with Crippen molar-refractivity contribution in [1.82, 2.24) is 24.5 Å². The fourth-order valence-electron chi connectivity index (χ4n) is 2.57. The van der Waals surface area contributed by atoms with Crippen LogP contribution in [0.4, 0.5) is 0 Å². The Bertz CT molecular complexity index is 859. The number of ether oxygens (including phenoxy) is 1. The zero-order valence-corrected chi connectivity index (χ0v) is 16.7. The van der Waals surface area contributed by atoms with Crippen molar-refractivity contribution in [2.45, 2.75) is 44.8 Å². The first-order valence-electron chi connectivity index (χ1n) is 8.67. The van der Waals surface area contributed by atoms with Gasteiger partial charge in [-0.05, 0) is 38.5 Å². The molecule has 0 fully saturated rings. The smallest absolute Gasteiger partial charge is 0.243 e. The van der Waals surface area contributed by atoms with Gasteiger partial charge in [0.25, 0.3) is 0 Å². The highest BCUT2D eigenvalue weighted by atomic mass is 35.5. The number of aromatic nitrogens is 5. The molecule has 0 saturated carbocycles. The maximum Gasteiger partial charge on any atom is 0.243 e. The summed E-state index contributed by atoms with van der Waals surface area (Å²) in [5.74, 6) is 2.20. The van der Waals surface area contributed by atoms with Gasteiger partial charge in [0.15, 0.2) is 11.0 Å². The Morgan fingerprint density at radius 1 is 1.08 bits per heavy atom. The highest BCUT2D eigenvalue weighted by molar-refractivity contribution is 7.98. The molecule has 0 unspecified atom stereocenters. The van der Waals surface area contributed by atoms with Crippen LogP contribution in [0, 0.1) is 0 Å². The van der Waals surface area contributed by atoms with E-state index in [0.29, 0.717) is 12.5 Å². The quantitative estimate of drug-likeness (QED) is 0.528. The van der Waals surface area contributed by atoms with Crippen molar-refractivity contribution in [3.05, 3.63) is 41.0 Å². The number of nitrogens with zero attached hydrogens (tertiary/aromatic N) is 5. The molecule has 3 rings (SSSR count). The number of hydrogen-bond donors (Lipinski definition) is 0. The standard InChI is InChI=1S/C18H22ClN5OS/c1-4-23-11-15(17(22-23)25-6-3)16-20-21-18(24(16)5-2)26-12-13-7-9-14(19)10-8-13/h7-11H,4-6,12H2,1-3H3. The van der Waals surface area contributed by atoms with E-state index in [9.17, 15) is 0 Å². The Labute approximate surface area is 162 Å². The Hall–Kier alpha value is -1.99. The average molecular weight is 392 g/mol. The van der Waals surface area contributed by atoms with Gasteiger partial charge in [-0.25, -0.2) is 0 Å². The molecule has 0 spiro atoms. The van der Waals surface area contributed by atoms with Crippen LogP contribution < -0.4 is 4.74 Å². The molecule has 0 aliphatic rings. The lowest BCUT2D eigenvalue weighted by Crippen LogP contribution is -2.01. The van der Waals surface area contributed by atoms with Gasteiger partial charge in [0.2, 0.25) is 5.88 Å². The largest absolute Gasteiger partial charge is 0.476 e. The maximum atomic E-state index is 5.95. The van der Waals surface area contributed by atoms with Crippen LogP contribution in [0.1, 0.15) is 26.3 Å². The van der Waals surface area contributed by atoms with E-state index in [0.717, 1.165) is 40.4 Å². The van der Waals surface area contributed by atoms with Crippen molar-refractivity contribution in [2.24, 2.45) is 0 Å². The predicted molar refractivity (Wildman–Crippen MR) is 105 cm³/mol. The summed E-state index contributed by atoms with van der Waals surface area (Å²) in [4.78, 5) is 0. The van der Waals surface area contributed by atoms with Crippen molar-refractivity contribution in [3.8, 4) is 17.3 Å². The lowest BCUT2D eigenvalue weighted by atomic mass is 10.2. The monoisotopic (exact) mass is 391 g/mol. The van der Waals surface area contributed by atoms with E-state index in [1.54, 1.807) is 11.8 Å². The van der Waals surface area contributed by atoms with Gasteiger partial charge in [0, 0.05) is 30.1 Å². The van der Waals surface area contributed by atoms with Crippen molar-refractivity contribution in [3.63, 3.8) is 0 Å². The first-order chi connectivity index (χ1) is 12.7. The third-order valence-corrected chi connectivity index (χ3v) is 5.18. The second-order valence-electron chi connectivity index (χ2n) is 5.60. The number of aryl methyl sites for hydroxylation is 1. The van der Waals surface area contributed by atoms with E-state index in [1.807, 2.05) is 49.0 Å². The Kier molecular flexibility index (Phi) is 6.21. The van der Waals surface area contributed by atoms with Crippen LogP contribution in [0.15, 0.2) is 35.6 Å². The molecule has 0 aliphatic carbocycles. The van der Waals surface area contributed by atoms with E-state index in [4.69, 9.17) is 16.3 Å². The van der Waals surface area contributed by atoms with Gasteiger partial charge in [-0.2, -0.15) is 0 Å². The normalized spacial score (nSPS) is 11.1. The van der Waals surface area contributed by atoms with Crippen molar-refractivity contribution in [2.75, 3.05) is 6.61 Å². The second-order valence-corrected chi connectivity index (χ2v) is 6.98. The number of hydrogen-bond acceptors (Lipinski definition) is 5. The molecule has 3 aromatic rings. The Morgan fingerprint density at radius 2 is 1.85 bits per heavy atom. The maximum absolute atomic E-state index is 5.95. The van der Waals surface area contributed by atoms with E-state index in [1.165, 1.54) is 5.56 Å². The molecular formula is C18H22ClN5OS. The summed E-state index contributed by atoms with van der Waals surface area (Å²) < 4.78 is 9.64. The molecule has 8 heteroatoms. The minimum absolute atomic E-state index is 0.562. The number of halogens is 1. The number of thioether (sulfide) groups is 1. The molecule has 1 aromatic carbocycles. The molecule has 0 N–H and O–H groups in total. The summed E-state index contributed by atoms with van der Waals surface area (Å²) >= 11 is 7.61. The SMILES string of the molecule is CCOc1nn(CC)cc1-c1nnc(SCc2ccc(Cl)cc2)n1CC. The van der Waals surface area contributed by atoms with Gasteiger partial charge in [-0.1, -0.05) is 35.5 Å². The summed E-state index contributed by atoms with van der Waals surface area (Å²) in [6.07, 6.45) is 1.97. The van der Waals surface area contributed by atoms with E-state index in [-0.39, 0.29) is 0 Å². The molecule has 138 valence electrons. The fourth-order valence-corrected chi connectivity index (χ4v) is 3.65. The van der Waals surface area contributed by atoms with Crippen LogP contribution >= 0.6 is 23.4 Å². The molecule has 26 heavy (non-hydrogen) atoms. The third kappa shape index (κ3) is 4.04. The Balaban J connectivity index is 1.86. The molecule has 0 bridgehead atoms. The first-order valence-corrected chi connectivity index (χ1v) is 10.0. The summed E-state index contributed by atoms with van der Waals surface area (Å²) in [6, 6.07) is 7.87. The topological polar surface area (TPSA) is 57.8 Å². The van der Waals surface area contributed by atoms with Crippen LogP contribution in [0.5, 0.6) is 5.88 Å². The van der Waals surface area contributed by atoms with Gasteiger partial charge < -0.3 is 9.30 Å². The van der Waals surface area contributed by atoms with Gasteiger partial charge in [0.1, 0.15) is 5.56 Å². The third-order valence-electron chi connectivity index (χ3n) is 3.89.